The third-order valence-corrected chi connectivity index (χ3v) is 4.56. The number of benzene rings is 2. The second kappa shape index (κ2) is 10.2. The minimum Gasteiger partial charge on any atom is -0.497 e. The van der Waals surface area contributed by atoms with E-state index in [1.54, 1.807) is 31.5 Å². The van der Waals surface area contributed by atoms with E-state index in [9.17, 15) is 9.18 Å². The number of ether oxygens (including phenoxy) is 2. The van der Waals surface area contributed by atoms with E-state index in [0.29, 0.717) is 23.0 Å². The highest BCUT2D eigenvalue weighted by Crippen LogP contribution is 2.25. The second-order valence-corrected chi connectivity index (χ2v) is 6.87. The summed E-state index contributed by atoms with van der Waals surface area (Å²) in [5.41, 5.74) is 1.34. The molecule has 0 spiro atoms. The van der Waals surface area contributed by atoms with Gasteiger partial charge in [-0.15, -0.1) is 0 Å². The maximum absolute atomic E-state index is 14.3. The lowest BCUT2D eigenvalue weighted by molar-refractivity contribution is -0.116. The lowest BCUT2D eigenvalue weighted by Crippen LogP contribution is -2.20. The number of carbonyl (C=O) groups excluding carboxylic acids is 1. The lowest BCUT2D eigenvalue weighted by Gasteiger charge is -2.06. The summed E-state index contributed by atoms with van der Waals surface area (Å²) in [6, 6.07) is 15.1. The fourth-order valence-electron chi connectivity index (χ4n) is 2.88. The molecule has 9 heteroatoms. The van der Waals surface area contributed by atoms with Gasteiger partial charge in [0.2, 0.25) is 5.91 Å². The molecule has 2 aromatic carbocycles. The topological polar surface area (TPSA) is 102 Å². The van der Waals surface area contributed by atoms with Crippen molar-refractivity contribution in [1.82, 2.24) is 25.5 Å². The highest BCUT2D eigenvalue weighted by molar-refractivity contribution is 5.91. The first-order valence-corrected chi connectivity index (χ1v) is 10.00. The molecule has 0 aliphatic rings. The number of rotatable bonds is 8. The maximum Gasteiger partial charge on any atom is 0.244 e. The summed E-state index contributed by atoms with van der Waals surface area (Å²) >= 11 is 0. The van der Waals surface area contributed by atoms with Crippen molar-refractivity contribution in [3.63, 3.8) is 0 Å². The molecule has 1 amide bonds. The zero-order valence-electron chi connectivity index (χ0n) is 17.7. The van der Waals surface area contributed by atoms with Crippen molar-refractivity contribution < 1.29 is 18.7 Å². The number of aromatic nitrogens is 4. The molecular weight excluding hydrogens is 425 g/mol. The van der Waals surface area contributed by atoms with E-state index in [2.05, 4.69) is 25.5 Å². The van der Waals surface area contributed by atoms with Gasteiger partial charge < -0.3 is 14.8 Å². The van der Waals surface area contributed by atoms with Crippen molar-refractivity contribution in [2.75, 3.05) is 7.11 Å². The van der Waals surface area contributed by atoms with Gasteiger partial charge in [-0.05, 0) is 60.2 Å². The second-order valence-electron chi connectivity index (χ2n) is 6.87. The van der Waals surface area contributed by atoms with E-state index in [1.807, 2.05) is 24.3 Å². The molecule has 0 saturated carbocycles. The van der Waals surface area contributed by atoms with Gasteiger partial charge in [-0.2, -0.15) is 5.10 Å². The number of halogens is 1. The normalized spacial score (nSPS) is 10.8. The summed E-state index contributed by atoms with van der Waals surface area (Å²) < 4.78 is 24.9. The Balaban J connectivity index is 1.31. The molecule has 0 unspecified atom stereocenters. The molecular formula is C24H20FN5O3. The van der Waals surface area contributed by atoms with Gasteiger partial charge in [-0.1, -0.05) is 6.07 Å². The number of amides is 1. The molecule has 2 N–H and O–H groups in total. The van der Waals surface area contributed by atoms with Gasteiger partial charge in [-0.25, -0.2) is 9.37 Å². The number of aromatic amines is 1. The molecule has 4 rings (SSSR count). The first-order valence-electron chi connectivity index (χ1n) is 10.00. The van der Waals surface area contributed by atoms with Crippen LogP contribution in [0.5, 0.6) is 17.2 Å². The van der Waals surface area contributed by atoms with Gasteiger partial charge in [0, 0.05) is 17.8 Å². The highest BCUT2D eigenvalue weighted by Gasteiger charge is 2.08. The van der Waals surface area contributed by atoms with Crippen LogP contribution < -0.4 is 14.8 Å². The van der Waals surface area contributed by atoms with Crippen molar-refractivity contribution in [3.8, 4) is 28.6 Å². The van der Waals surface area contributed by atoms with Crippen molar-refractivity contribution in [1.29, 1.82) is 0 Å². The minimum absolute atomic E-state index is 0.0718. The number of hydrogen-bond donors (Lipinski definition) is 2. The predicted octanol–water partition coefficient (Wildman–Crippen LogP) is 4.14. The fraction of sp³-hybridized carbons (Fsp3) is 0.0833. The molecule has 4 aromatic rings. The third kappa shape index (κ3) is 5.79. The first kappa shape index (κ1) is 21.7. The Morgan fingerprint density at radius 2 is 2.00 bits per heavy atom. The molecule has 0 fully saturated rings. The monoisotopic (exact) mass is 445 g/mol. The van der Waals surface area contributed by atoms with Crippen LogP contribution in [-0.4, -0.2) is 33.2 Å². The third-order valence-electron chi connectivity index (χ3n) is 4.56. The van der Waals surface area contributed by atoms with Gasteiger partial charge in [0.15, 0.2) is 17.4 Å². The summed E-state index contributed by atoms with van der Waals surface area (Å²) in [5.74, 6) is 1.36. The number of carbonyl (C=O) groups is 1. The summed E-state index contributed by atoms with van der Waals surface area (Å²) in [4.78, 5) is 20.4. The van der Waals surface area contributed by atoms with E-state index in [-0.39, 0.29) is 18.2 Å². The summed E-state index contributed by atoms with van der Waals surface area (Å²) in [6.07, 6.45) is 5.92. The largest absolute Gasteiger partial charge is 0.497 e. The molecule has 0 saturated heterocycles. The standard InChI is InChI=1S/C24H20FN5O3/c1-32-18-8-6-17(7-9-18)24-28-22(29-30-24)15-27-23(31)11-5-16-4-10-21(20(25)13-16)33-19-3-2-12-26-14-19/h2-14H,15H2,1H3,(H,27,31)(H,28,29,30)/b11-5+. The first-order chi connectivity index (χ1) is 16.1. The molecule has 0 radical (unpaired) electrons. The molecule has 2 heterocycles. The molecule has 166 valence electrons. The van der Waals surface area contributed by atoms with Crippen LogP contribution in [0.25, 0.3) is 17.5 Å². The smallest absolute Gasteiger partial charge is 0.244 e. The van der Waals surface area contributed by atoms with Crippen LogP contribution in [0.2, 0.25) is 0 Å². The average Bonchev–Trinajstić information content (AvgIpc) is 3.33. The maximum atomic E-state index is 14.3. The number of H-pyrrole nitrogens is 1. The van der Waals surface area contributed by atoms with E-state index in [1.165, 1.54) is 30.5 Å². The highest BCUT2D eigenvalue weighted by atomic mass is 19.1. The molecule has 0 bridgehead atoms. The Hall–Kier alpha value is -4.53. The van der Waals surface area contributed by atoms with Crippen LogP contribution >= 0.6 is 0 Å². The summed E-state index contributed by atoms with van der Waals surface area (Å²) in [5, 5.41) is 9.66. The Kier molecular flexibility index (Phi) is 6.70. The summed E-state index contributed by atoms with van der Waals surface area (Å²) in [6.45, 7) is 0.165. The van der Waals surface area contributed by atoms with Crippen molar-refractivity contribution in [2.24, 2.45) is 0 Å². The quantitative estimate of drug-likeness (QED) is 0.395. The molecule has 0 atom stereocenters. The molecule has 2 aromatic heterocycles. The summed E-state index contributed by atoms with van der Waals surface area (Å²) in [7, 11) is 1.60. The Morgan fingerprint density at radius 1 is 1.15 bits per heavy atom. The zero-order valence-corrected chi connectivity index (χ0v) is 17.7. The van der Waals surface area contributed by atoms with Crippen molar-refractivity contribution in [2.45, 2.75) is 6.54 Å². The van der Waals surface area contributed by atoms with Crippen LogP contribution in [0.1, 0.15) is 11.4 Å². The van der Waals surface area contributed by atoms with E-state index < -0.39 is 5.82 Å². The Morgan fingerprint density at radius 3 is 2.73 bits per heavy atom. The van der Waals surface area contributed by atoms with E-state index in [0.717, 1.165) is 11.3 Å². The number of hydrogen-bond acceptors (Lipinski definition) is 6. The Labute approximate surface area is 189 Å². The van der Waals surface area contributed by atoms with Crippen LogP contribution in [0.4, 0.5) is 4.39 Å². The Bertz CT molecular complexity index is 1260. The number of nitrogens with zero attached hydrogens (tertiary/aromatic N) is 3. The van der Waals surface area contributed by atoms with E-state index >= 15 is 0 Å². The minimum atomic E-state index is -0.547. The van der Waals surface area contributed by atoms with Gasteiger partial charge in [0.1, 0.15) is 17.3 Å². The lowest BCUT2D eigenvalue weighted by atomic mass is 10.2. The van der Waals surface area contributed by atoms with Gasteiger partial charge in [0.25, 0.3) is 0 Å². The molecule has 0 aliphatic carbocycles. The number of methoxy groups -OCH3 is 1. The predicted molar refractivity (Wildman–Crippen MR) is 120 cm³/mol. The van der Waals surface area contributed by atoms with Crippen LogP contribution in [-0.2, 0) is 11.3 Å². The van der Waals surface area contributed by atoms with Gasteiger partial charge >= 0.3 is 0 Å². The molecule has 8 nitrogen and oxygen atoms in total. The number of nitrogens with one attached hydrogen (secondary N) is 2. The van der Waals surface area contributed by atoms with Crippen LogP contribution in [0.3, 0.4) is 0 Å². The van der Waals surface area contributed by atoms with Gasteiger partial charge in [-0.3, -0.25) is 14.9 Å². The molecule has 0 aliphatic heterocycles. The van der Waals surface area contributed by atoms with Crippen LogP contribution in [0.15, 0.2) is 73.1 Å². The number of pyridine rings is 1. The van der Waals surface area contributed by atoms with Crippen molar-refractivity contribution >= 4 is 12.0 Å². The van der Waals surface area contributed by atoms with Crippen molar-refractivity contribution in [3.05, 3.63) is 90.3 Å². The van der Waals surface area contributed by atoms with Gasteiger partial charge in [0.05, 0.1) is 19.9 Å². The van der Waals surface area contributed by atoms with Crippen LogP contribution in [0, 0.1) is 5.82 Å². The zero-order chi connectivity index (χ0) is 23.0. The van der Waals surface area contributed by atoms with E-state index in [4.69, 9.17) is 9.47 Å². The SMILES string of the molecule is COc1ccc(-c2n[nH]c(CNC(=O)/C=C/c3ccc(Oc4cccnc4)c(F)c3)n2)cc1. The fourth-order valence-corrected chi connectivity index (χ4v) is 2.88. The average molecular weight is 445 g/mol. The molecule has 33 heavy (non-hydrogen) atoms.